The van der Waals surface area contributed by atoms with E-state index in [1.165, 1.54) is 0 Å². The van der Waals surface area contributed by atoms with Crippen LogP contribution in [0.3, 0.4) is 0 Å². The Kier molecular flexibility index (Phi) is 4.34. The normalized spacial score (nSPS) is 18.9. The molecule has 4 heteroatoms. The fourth-order valence-electron chi connectivity index (χ4n) is 2.14. The first-order valence-corrected chi connectivity index (χ1v) is 6.01. The van der Waals surface area contributed by atoms with Crippen molar-refractivity contribution in [2.45, 2.75) is 6.17 Å². The van der Waals surface area contributed by atoms with Gasteiger partial charge in [-0.2, -0.15) is 0 Å². The van der Waals surface area contributed by atoms with Crippen LogP contribution in [-0.2, 0) is 0 Å². The lowest BCUT2D eigenvalue weighted by atomic mass is 10.1. The first kappa shape index (κ1) is 12.3. The lowest BCUT2D eigenvalue weighted by Gasteiger charge is -2.28. The number of alkyl halides is 1. The van der Waals surface area contributed by atoms with Gasteiger partial charge in [0.05, 0.1) is 7.11 Å². The summed E-state index contributed by atoms with van der Waals surface area (Å²) in [5, 5.41) is 3.26. The van der Waals surface area contributed by atoms with Crippen LogP contribution in [0.2, 0.25) is 0 Å². The van der Waals surface area contributed by atoms with Crippen LogP contribution in [0.15, 0.2) is 24.3 Å². The van der Waals surface area contributed by atoms with Crippen molar-refractivity contribution in [1.82, 2.24) is 10.2 Å². The quantitative estimate of drug-likeness (QED) is 0.862. The molecule has 1 aliphatic rings. The Labute approximate surface area is 102 Å². The van der Waals surface area contributed by atoms with Gasteiger partial charge in [-0.15, -0.1) is 0 Å². The molecule has 1 heterocycles. The van der Waals surface area contributed by atoms with E-state index in [-0.39, 0.29) is 0 Å². The van der Waals surface area contributed by atoms with Crippen molar-refractivity contribution in [1.29, 1.82) is 0 Å². The van der Waals surface area contributed by atoms with E-state index in [2.05, 4.69) is 10.2 Å². The van der Waals surface area contributed by atoms with Gasteiger partial charge in [0.2, 0.25) is 0 Å². The molecule has 0 aromatic heterocycles. The number of benzene rings is 1. The molecule has 0 saturated carbocycles. The summed E-state index contributed by atoms with van der Waals surface area (Å²) in [7, 11) is 1.58. The van der Waals surface area contributed by atoms with Gasteiger partial charge in [0.1, 0.15) is 11.9 Å². The van der Waals surface area contributed by atoms with E-state index in [1.54, 1.807) is 19.2 Å². The van der Waals surface area contributed by atoms with Gasteiger partial charge in [-0.1, -0.05) is 18.2 Å². The number of methoxy groups -OCH3 is 1. The Balaban J connectivity index is 2.00. The monoisotopic (exact) mass is 238 g/mol. The molecule has 1 saturated heterocycles. The van der Waals surface area contributed by atoms with Crippen molar-refractivity contribution in [3.05, 3.63) is 29.8 Å². The van der Waals surface area contributed by atoms with Crippen LogP contribution in [0, 0.1) is 0 Å². The number of nitrogens with one attached hydrogen (secondary N) is 1. The molecule has 0 bridgehead atoms. The molecule has 1 N–H and O–H groups in total. The fraction of sp³-hybridized carbons (Fsp3) is 0.538. The van der Waals surface area contributed by atoms with Crippen LogP contribution in [0.25, 0.3) is 0 Å². The first-order chi connectivity index (χ1) is 8.31. The van der Waals surface area contributed by atoms with E-state index in [1.807, 2.05) is 12.1 Å². The summed E-state index contributed by atoms with van der Waals surface area (Å²) < 4.78 is 19.4. The molecule has 0 radical (unpaired) electrons. The molecule has 1 fully saturated rings. The molecule has 94 valence electrons. The minimum Gasteiger partial charge on any atom is -0.496 e. The second-order valence-corrected chi connectivity index (χ2v) is 4.26. The fourth-order valence-corrected chi connectivity index (χ4v) is 2.14. The average molecular weight is 238 g/mol. The SMILES string of the molecule is COc1ccccc1C(F)CN1CCNCC1. The zero-order valence-corrected chi connectivity index (χ0v) is 10.2. The number of para-hydroxylation sites is 1. The van der Waals surface area contributed by atoms with Crippen LogP contribution in [0.1, 0.15) is 11.7 Å². The summed E-state index contributed by atoms with van der Waals surface area (Å²) in [6, 6.07) is 7.31. The minimum atomic E-state index is -0.982. The Bertz CT molecular complexity index is 353. The van der Waals surface area contributed by atoms with Gasteiger partial charge >= 0.3 is 0 Å². The van der Waals surface area contributed by atoms with Gasteiger partial charge in [0, 0.05) is 38.3 Å². The number of ether oxygens (including phenoxy) is 1. The maximum atomic E-state index is 14.2. The Morgan fingerprint density at radius 3 is 2.76 bits per heavy atom. The van der Waals surface area contributed by atoms with Crippen molar-refractivity contribution in [2.24, 2.45) is 0 Å². The third kappa shape index (κ3) is 3.17. The van der Waals surface area contributed by atoms with E-state index in [4.69, 9.17) is 4.74 Å². The molecule has 1 aromatic rings. The number of nitrogens with zero attached hydrogens (tertiary/aromatic N) is 1. The van der Waals surface area contributed by atoms with E-state index in [9.17, 15) is 4.39 Å². The van der Waals surface area contributed by atoms with E-state index in [0.717, 1.165) is 26.2 Å². The van der Waals surface area contributed by atoms with Gasteiger partial charge in [0.15, 0.2) is 0 Å². The molecule has 3 nitrogen and oxygen atoms in total. The Hall–Kier alpha value is -1.13. The molecule has 17 heavy (non-hydrogen) atoms. The summed E-state index contributed by atoms with van der Waals surface area (Å²) in [5.74, 6) is 0.634. The number of hydrogen-bond donors (Lipinski definition) is 1. The molecular formula is C13H19FN2O. The highest BCUT2D eigenvalue weighted by Crippen LogP contribution is 2.28. The number of hydrogen-bond acceptors (Lipinski definition) is 3. The molecule has 1 unspecified atom stereocenters. The second kappa shape index (κ2) is 5.98. The topological polar surface area (TPSA) is 24.5 Å². The maximum Gasteiger partial charge on any atom is 0.141 e. The highest BCUT2D eigenvalue weighted by atomic mass is 19.1. The summed E-state index contributed by atoms with van der Waals surface area (Å²) >= 11 is 0. The third-order valence-electron chi connectivity index (χ3n) is 3.10. The van der Waals surface area contributed by atoms with Gasteiger partial charge in [-0.25, -0.2) is 4.39 Å². The van der Waals surface area contributed by atoms with Gasteiger partial charge in [-0.3, -0.25) is 4.90 Å². The second-order valence-electron chi connectivity index (χ2n) is 4.26. The zero-order chi connectivity index (χ0) is 12.1. The maximum absolute atomic E-state index is 14.2. The summed E-state index contributed by atoms with van der Waals surface area (Å²) in [6.45, 7) is 4.16. The van der Waals surface area contributed by atoms with Gasteiger partial charge in [0.25, 0.3) is 0 Å². The van der Waals surface area contributed by atoms with Crippen molar-refractivity contribution < 1.29 is 9.13 Å². The lowest BCUT2D eigenvalue weighted by Crippen LogP contribution is -2.44. The number of rotatable bonds is 4. The van der Waals surface area contributed by atoms with Crippen molar-refractivity contribution in [3.63, 3.8) is 0 Å². The van der Waals surface area contributed by atoms with E-state index >= 15 is 0 Å². The van der Waals surface area contributed by atoms with Crippen LogP contribution in [-0.4, -0.2) is 44.7 Å². The molecule has 2 rings (SSSR count). The number of piperazine rings is 1. The van der Waals surface area contributed by atoms with E-state index < -0.39 is 6.17 Å². The first-order valence-electron chi connectivity index (χ1n) is 6.01. The standard InChI is InChI=1S/C13H19FN2O/c1-17-13-5-3-2-4-11(13)12(14)10-16-8-6-15-7-9-16/h2-5,12,15H,6-10H2,1H3. The largest absolute Gasteiger partial charge is 0.496 e. The Morgan fingerprint density at radius 2 is 2.06 bits per heavy atom. The highest BCUT2D eigenvalue weighted by Gasteiger charge is 2.19. The van der Waals surface area contributed by atoms with Gasteiger partial charge in [-0.05, 0) is 6.07 Å². The van der Waals surface area contributed by atoms with Crippen LogP contribution < -0.4 is 10.1 Å². The van der Waals surface area contributed by atoms with Crippen LogP contribution >= 0.6 is 0 Å². The van der Waals surface area contributed by atoms with Crippen LogP contribution in [0.5, 0.6) is 5.75 Å². The molecular weight excluding hydrogens is 219 g/mol. The van der Waals surface area contributed by atoms with Crippen molar-refractivity contribution in [2.75, 3.05) is 39.8 Å². The summed E-state index contributed by atoms with van der Waals surface area (Å²) in [6.07, 6.45) is -0.982. The summed E-state index contributed by atoms with van der Waals surface area (Å²) in [4.78, 5) is 2.15. The number of halogens is 1. The molecule has 1 aromatic carbocycles. The predicted octanol–water partition coefficient (Wildman–Crippen LogP) is 1.61. The molecule has 0 spiro atoms. The minimum absolute atomic E-state index is 0.446. The lowest BCUT2D eigenvalue weighted by molar-refractivity contribution is 0.173. The van der Waals surface area contributed by atoms with Crippen molar-refractivity contribution in [3.8, 4) is 5.75 Å². The average Bonchev–Trinajstić information content (AvgIpc) is 2.40. The third-order valence-corrected chi connectivity index (χ3v) is 3.10. The molecule has 1 atom stereocenters. The molecule has 0 aliphatic carbocycles. The smallest absolute Gasteiger partial charge is 0.141 e. The molecule has 1 aliphatic heterocycles. The molecule has 0 amide bonds. The highest BCUT2D eigenvalue weighted by molar-refractivity contribution is 5.35. The summed E-state index contributed by atoms with van der Waals surface area (Å²) in [5.41, 5.74) is 0.647. The van der Waals surface area contributed by atoms with Crippen LogP contribution in [0.4, 0.5) is 4.39 Å². The van der Waals surface area contributed by atoms with Crippen molar-refractivity contribution >= 4 is 0 Å². The Morgan fingerprint density at radius 1 is 1.35 bits per heavy atom. The van der Waals surface area contributed by atoms with E-state index in [0.29, 0.717) is 17.9 Å². The van der Waals surface area contributed by atoms with Gasteiger partial charge < -0.3 is 10.1 Å². The zero-order valence-electron chi connectivity index (χ0n) is 10.2. The predicted molar refractivity (Wildman–Crippen MR) is 66.2 cm³/mol.